The van der Waals surface area contributed by atoms with Crippen molar-refractivity contribution in [1.29, 1.82) is 0 Å². The quantitative estimate of drug-likeness (QED) is 0.322. The van der Waals surface area contributed by atoms with Crippen molar-refractivity contribution in [2.45, 2.75) is 20.4 Å². The minimum Gasteiger partial charge on any atom is -0.496 e. The number of allylic oxidation sites excluding steroid dienone is 1. The molecule has 0 aliphatic rings. The van der Waals surface area contributed by atoms with Gasteiger partial charge in [0.25, 0.3) is 0 Å². The van der Waals surface area contributed by atoms with E-state index in [1.165, 1.54) is 0 Å². The SMILES string of the molecule is COc1c(/C(C)=C/C(=O)NCc2ccncc2)cc2c(-c3cccc(Br)c3)coc2c1C. The van der Waals surface area contributed by atoms with Gasteiger partial charge < -0.3 is 14.5 Å². The third-order valence-corrected chi connectivity index (χ3v) is 5.87. The molecule has 32 heavy (non-hydrogen) atoms. The number of aryl methyl sites for hydroxylation is 1. The molecule has 2 aromatic carbocycles. The van der Waals surface area contributed by atoms with Crippen molar-refractivity contribution in [3.63, 3.8) is 0 Å². The number of hydrogen-bond acceptors (Lipinski definition) is 4. The largest absolute Gasteiger partial charge is 0.496 e. The number of fused-ring (bicyclic) bond motifs is 1. The highest BCUT2D eigenvalue weighted by molar-refractivity contribution is 9.10. The second-order valence-electron chi connectivity index (χ2n) is 7.52. The summed E-state index contributed by atoms with van der Waals surface area (Å²) in [6.07, 6.45) is 6.78. The third kappa shape index (κ3) is 4.46. The lowest BCUT2D eigenvalue weighted by atomic mass is 9.96. The van der Waals surface area contributed by atoms with Crippen LogP contribution in [0.2, 0.25) is 0 Å². The summed E-state index contributed by atoms with van der Waals surface area (Å²) >= 11 is 3.54. The Balaban J connectivity index is 1.71. The molecule has 0 aliphatic heterocycles. The van der Waals surface area contributed by atoms with Crippen molar-refractivity contribution in [3.8, 4) is 16.9 Å². The first-order valence-corrected chi connectivity index (χ1v) is 11.0. The van der Waals surface area contributed by atoms with E-state index >= 15 is 0 Å². The van der Waals surface area contributed by atoms with Gasteiger partial charge in [0.05, 0.1) is 13.4 Å². The lowest BCUT2D eigenvalue weighted by Gasteiger charge is -2.13. The van der Waals surface area contributed by atoms with E-state index in [1.54, 1.807) is 31.8 Å². The van der Waals surface area contributed by atoms with Crippen molar-refractivity contribution >= 4 is 38.4 Å². The van der Waals surface area contributed by atoms with Gasteiger partial charge in [0.15, 0.2) is 0 Å². The molecule has 0 spiro atoms. The maximum absolute atomic E-state index is 12.6. The number of benzene rings is 2. The maximum atomic E-state index is 12.6. The Labute approximate surface area is 195 Å². The van der Waals surface area contributed by atoms with Gasteiger partial charge in [-0.1, -0.05) is 28.1 Å². The smallest absolute Gasteiger partial charge is 0.244 e. The summed E-state index contributed by atoms with van der Waals surface area (Å²) in [6.45, 7) is 4.32. The number of carbonyl (C=O) groups excluding carboxylic acids is 1. The zero-order valence-corrected chi connectivity index (χ0v) is 19.7. The molecule has 0 unspecified atom stereocenters. The second kappa shape index (κ2) is 9.40. The fourth-order valence-electron chi connectivity index (χ4n) is 3.77. The van der Waals surface area contributed by atoms with Crippen LogP contribution in [0.25, 0.3) is 27.7 Å². The van der Waals surface area contributed by atoms with Crippen LogP contribution < -0.4 is 10.1 Å². The predicted molar refractivity (Wildman–Crippen MR) is 130 cm³/mol. The van der Waals surface area contributed by atoms with Gasteiger partial charge in [-0.15, -0.1) is 0 Å². The van der Waals surface area contributed by atoms with Crippen molar-refractivity contribution in [2.75, 3.05) is 7.11 Å². The second-order valence-corrected chi connectivity index (χ2v) is 8.44. The highest BCUT2D eigenvalue weighted by Gasteiger charge is 2.19. The molecule has 6 heteroatoms. The molecule has 0 radical (unpaired) electrons. The Morgan fingerprint density at radius 3 is 2.72 bits per heavy atom. The Morgan fingerprint density at radius 2 is 2.00 bits per heavy atom. The number of nitrogens with zero attached hydrogens (tertiary/aromatic N) is 1. The van der Waals surface area contributed by atoms with Crippen molar-refractivity contribution in [3.05, 3.63) is 88.4 Å². The number of nitrogens with one attached hydrogen (secondary N) is 1. The maximum Gasteiger partial charge on any atom is 0.244 e. The number of carbonyl (C=O) groups is 1. The number of rotatable bonds is 6. The summed E-state index contributed by atoms with van der Waals surface area (Å²) in [7, 11) is 1.63. The van der Waals surface area contributed by atoms with Crippen molar-refractivity contribution in [1.82, 2.24) is 10.3 Å². The van der Waals surface area contributed by atoms with E-state index in [1.807, 2.05) is 50.2 Å². The van der Waals surface area contributed by atoms with Crippen LogP contribution in [0, 0.1) is 6.92 Å². The number of aromatic nitrogens is 1. The zero-order chi connectivity index (χ0) is 22.7. The highest BCUT2D eigenvalue weighted by atomic mass is 79.9. The number of furan rings is 1. The summed E-state index contributed by atoms with van der Waals surface area (Å²) in [5.41, 5.74) is 6.36. The summed E-state index contributed by atoms with van der Waals surface area (Å²) in [5, 5.41) is 3.89. The van der Waals surface area contributed by atoms with Crippen LogP contribution in [0.15, 0.2) is 76.1 Å². The van der Waals surface area contributed by atoms with Crippen LogP contribution in [0.1, 0.15) is 23.6 Å². The Morgan fingerprint density at radius 1 is 1.22 bits per heavy atom. The molecule has 0 fully saturated rings. The molecule has 0 atom stereocenters. The standard InChI is InChI=1S/C26H23BrN2O3/c1-16(11-24(30)29-14-18-7-9-28-10-8-18)21-13-22-23(19-5-4-6-20(27)12-19)15-32-26(22)17(2)25(21)31-3/h4-13,15H,14H2,1-3H3,(H,29,30)/b16-11+. The molecule has 1 N–H and O–H groups in total. The summed E-state index contributed by atoms with van der Waals surface area (Å²) < 4.78 is 12.6. The Bertz CT molecular complexity index is 1310. The van der Waals surface area contributed by atoms with E-state index in [0.29, 0.717) is 12.3 Å². The van der Waals surface area contributed by atoms with Crippen LogP contribution >= 0.6 is 15.9 Å². The fraction of sp³-hybridized carbons (Fsp3) is 0.154. The Hall–Kier alpha value is -3.38. The minimum absolute atomic E-state index is 0.168. The van der Waals surface area contributed by atoms with Gasteiger partial charge in [-0.25, -0.2) is 0 Å². The minimum atomic E-state index is -0.168. The van der Waals surface area contributed by atoms with E-state index in [4.69, 9.17) is 9.15 Å². The number of hydrogen-bond donors (Lipinski definition) is 1. The zero-order valence-electron chi connectivity index (χ0n) is 18.1. The highest BCUT2D eigenvalue weighted by Crippen LogP contribution is 2.40. The number of halogens is 1. The van der Waals surface area contributed by atoms with E-state index < -0.39 is 0 Å². The summed E-state index contributed by atoms with van der Waals surface area (Å²) in [6, 6.07) is 13.9. The van der Waals surface area contributed by atoms with E-state index in [-0.39, 0.29) is 5.91 Å². The van der Waals surface area contributed by atoms with Gasteiger partial charge >= 0.3 is 0 Å². The molecule has 0 bridgehead atoms. The molecule has 162 valence electrons. The number of methoxy groups -OCH3 is 1. The lowest BCUT2D eigenvalue weighted by Crippen LogP contribution is -2.20. The first-order chi connectivity index (χ1) is 15.5. The molecule has 1 amide bonds. The average Bonchev–Trinajstić information content (AvgIpc) is 3.23. The molecule has 2 heterocycles. The van der Waals surface area contributed by atoms with E-state index in [9.17, 15) is 4.79 Å². The van der Waals surface area contributed by atoms with Gasteiger partial charge in [0.1, 0.15) is 11.3 Å². The van der Waals surface area contributed by atoms with Crippen LogP contribution in [-0.2, 0) is 11.3 Å². The van der Waals surface area contributed by atoms with Crippen molar-refractivity contribution < 1.29 is 13.9 Å². The number of ether oxygens (including phenoxy) is 1. The molecule has 0 aliphatic carbocycles. The molecule has 2 aromatic heterocycles. The normalized spacial score (nSPS) is 11.6. The van der Waals surface area contributed by atoms with Crippen LogP contribution in [0.4, 0.5) is 0 Å². The first kappa shape index (κ1) is 21.8. The van der Waals surface area contributed by atoms with Gasteiger partial charge in [0.2, 0.25) is 5.91 Å². The Kier molecular flexibility index (Phi) is 6.42. The monoisotopic (exact) mass is 490 g/mol. The van der Waals surface area contributed by atoms with Gasteiger partial charge in [-0.2, -0.15) is 0 Å². The predicted octanol–water partition coefficient (Wildman–Crippen LogP) is 6.29. The average molecular weight is 491 g/mol. The molecule has 0 saturated carbocycles. The molecular formula is C26H23BrN2O3. The molecule has 0 saturated heterocycles. The molecule has 4 rings (SSSR count). The molecule has 5 nitrogen and oxygen atoms in total. The van der Waals surface area contributed by atoms with E-state index in [2.05, 4.69) is 32.3 Å². The first-order valence-electron chi connectivity index (χ1n) is 10.2. The summed E-state index contributed by atoms with van der Waals surface area (Å²) in [4.78, 5) is 16.5. The number of pyridine rings is 1. The fourth-order valence-corrected chi connectivity index (χ4v) is 4.17. The van der Waals surface area contributed by atoms with Gasteiger partial charge in [0, 0.05) is 51.6 Å². The third-order valence-electron chi connectivity index (χ3n) is 5.37. The summed E-state index contributed by atoms with van der Waals surface area (Å²) in [5.74, 6) is 0.529. The molecule has 4 aromatic rings. The number of amides is 1. The van der Waals surface area contributed by atoms with Crippen molar-refractivity contribution in [2.24, 2.45) is 0 Å². The van der Waals surface area contributed by atoms with E-state index in [0.717, 1.165) is 48.8 Å². The van der Waals surface area contributed by atoms with Crippen LogP contribution in [-0.4, -0.2) is 18.0 Å². The van der Waals surface area contributed by atoms with Crippen LogP contribution in [0.3, 0.4) is 0 Å². The van der Waals surface area contributed by atoms with Gasteiger partial charge in [-0.3, -0.25) is 9.78 Å². The molecular weight excluding hydrogens is 468 g/mol. The van der Waals surface area contributed by atoms with Gasteiger partial charge in [-0.05, 0) is 60.9 Å². The topological polar surface area (TPSA) is 64.4 Å². The van der Waals surface area contributed by atoms with Crippen LogP contribution in [0.5, 0.6) is 5.75 Å². The lowest BCUT2D eigenvalue weighted by molar-refractivity contribution is -0.116.